The smallest absolute Gasteiger partial charge is 0.262 e. The van der Waals surface area contributed by atoms with Crippen LogP contribution in [0.2, 0.25) is 5.02 Å². The Morgan fingerprint density at radius 1 is 1.27 bits per heavy atom. The number of imidazole rings is 1. The SMILES string of the molecule is C[C@@H](Oc1cc(-c2cnc3ccc(CN(C)C)cn23)sc1C(N)=O)c1ccc(CO)cc1Cl. The van der Waals surface area contributed by atoms with Crippen LogP contribution in [0.5, 0.6) is 5.75 Å². The molecule has 0 spiro atoms. The number of fused-ring (bicyclic) bond motifs is 1. The highest BCUT2D eigenvalue weighted by Gasteiger charge is 2.21. The first-order valence-corrected chi connectivity index (χ1v) is 11.6. The molecule has 33 heavy (non-hydrogen) atoms. The van der Waals surface area contributed by atoms with E-state index < -0.39 is 12.0 Å². The zero-order chi connectivity index (χ0) is 23.7. The van der Waals surface area contributed by atoms with Gasteiger partial charge in [0.25, 0.3) is 5.91 Å². The monoisotopic (exact) mass is 484 g/mol. The average molecular weight is 485 g/mol. The normalized spacial score (nSPS) is 12.4. The van der Waals surface area contributed by atoms with Crippen LogP contribution in [0.1, 0.15) is 39.4 Å². The molecule has 7 nitrogen and oxygen atoms in total. The number of halogens is 1. The van der Waals surface area contributed by atoms with Gasteiger partial charge < -0.3 is 20.5 Å². The van der Waals surface area contributed by atoms with Crippen LogP contribution in [0.3, 0.4) is 0 Å². The van der Waals surface area contributed by atoms with E-state index in [2.05, 4.69) is 16.0 Å². The molecule has 4 aromatic rings. The number of aliphatic hydroxyl groups is 1. The van der Waals surface area contributed by atoms with E-state index >= 15 is 0 Å². The molecule has 0 aliphatic rings. The average Bonchev–Trinajstić information content (AvgIpc) is 3.36. The highest BCUT2D eigenvalue weighted by atomic mass is 35.5. The Morgan fingerprint density at radius 2 is 2.03 bits per heavy atom. The second-order valence-corrected chi connectivity index (χ2v) is 9.55. The summed E-state index contributed by atoms with van der Waals surface area (Å²) in [5, 5.41) is 9.79. The van der Waals surface area contributed by atoms with Gasteiger partial charge in [-0.1, -0.05) is 29.8 Å². The van der Waals surface area contributed by atoms with Gasteiger partial charge in [-0.3, -0.25) is 9.20 Å². The molecule has 0 unspecified atom stereocenters. The van der Waals surface area contributed by atoms with Gasteiger partial charge in [0.15, 0.2) is 0 Å². The van der Waals surface area contributed by atoms with Crippen molar-refractivity contribution in [1.29, 1.82) is 0 Å². The minimum atomic E-state index is -0.558. The molecule has 0 aliphatic heterocycles. The summed E-state index contributed by atoms with van der Waals surface area (Å²) in [6.45, 7) is 2.56. The fraction of sp³-hybridized carbons (Fsp3) is 0.250. The van der Waals surface area contributed by atoms with Crippen molar-refractivity contribution >= 4 is 34.5 Å². The van der Waals surface area contributed by atoms with Crippen molar-refractivity contribution in [2.24, 2.45) is 5.73 Å². The summed E-state index contributed by atoms with van der Waals surface area (Å²) in [4.78, 5) is 19.9. The van der Waals surface area contributed by atoms with Crippen LogP contribution in [0.4, 0.5) is 0 Å². The molecule has 4 rings (SSSR count). The first-order chi connectivity index (χ1) is 15.8. The number of aromatic nitrogens is 2. The van der Waals surface area contributed by atoms with E-state index in [1.807, 2.05) is 49.8 Å². The zero-order valence-electron chi connectivity index (χ0n) is 18.6. The van der Waals surface area contributed by atoms with Gasteiger partial charge in [-0.25, -0.2) is 4.98 Å². The third-order valence-corrected chi connectivity index (χ3v) is 6.71. The number of pyridine rings is 1. The van der Waals surface area contributed by atoms with Crippen molar-refractivity contribution in [3.05, 3.63) is 75.4 Å². The molecule has 3 N–H and O–H groups in total. The minimum Gasteiger partial charge on any atom is -0.484 e. The quantitative estimate of drug-likeness (QED) is 0.384. The van der Waals surface area contributed by atoms with Crippen LogP contribution < -0.4 is 10.5 Å². The molecule has 9 heteroatoms. The van der Waals surface area contributed by atoms with Crippen molar-refractivity contribution in [1.82, 2.24) is 14.3 Å². The van der Waals surface area contributed by atoms with Gasteiger partial charge in [-0.2, -0.15) is 0 Å². The molecule has 0 radical (unpaired) electrons. The standard InChI is InChI=1S/C24H25ClN4O3S/c1-14(17-6-4-15(13-30)8-18(17)25)32-20-9-21(33-23(20)24(26)31)19-10-27-22-7-5-16(11-28(2)3)12-29(19)22/h4-10,12,14,30H,11,13H2,1-3H3,(H2,26,31)/t14-/m1/s1. The first-order valence-electron chi connectivity index (χ1n) is 10.4. The number of primary amides is 1. The molecule has 0 bridgehead atoms. The molecule has 0 aliphatic carbocycles. The van der Waals surface area contributed by atoms with Crippen LogP contribution >= 0.6 is 22.9 Å². The summed E-state index contributed by atoms with van der Waals surface area (Å²) in [5.41, 5.74) is 9.94. The van der Waals surface area contributed by atoms with E-state index in [1.54, 1.807) is 18.3 Å². The van der Waals surface area contributed by atoms with Crippen LogP contribution in [-0.2, 0) is 13.2 Å². The van der Waals surface area contributed by atoms with E-state index in [4.69, 9.17) is 22.1 Å². The molecule has 3 heterocycles. The van der Waals surface area contributed by atoms with Crippen LogP contribution in [0.25, 0.3) is 16.2 Å². The fourth-order valence-electron chi connectivity index (χ4n) is 3.68. The number of hydrogen-bond donors (Lipinski definition) is 2. The number of thiophene rings is 1. The first kappa shape index (κ1) is 23.3. The highest BCUT2D eigenvalue weighted by Crippen LogP contribution is 2.39. The molecule has 0 fully saturated rings. The number of amides is 1. The predicted octanol–water partition coefficient (Wildman–Crippen LogP) is 4.51. The second kappa shape index (κ2) is 9.52. The van der Waals surface area contributed by atoms with Crippen molar-refractivity contribution in [2.45, 2.75) is 26.2 Å². The third kappa shape index (κ3) is 4.89. The number of carbonyl (C=O) groups excluding carboxylic acids is 1. The maximum Gasteiger partial charge on any atom is 0.262 e. The number of carbonyl (C=O) groups is 1. The summed E-state index contributed by atoms with van der Waals surface area (Å²) in [6, 6.07) is 11.2. The molecule has 0 saturated heterocycles. The van der Waals surface area contributed by atoms with Gasteiger partial charge in [-0.15, -0.1) is 11.3 Å². The van der Waals surface area contributed by atoms with Gasteiger partial charge in [-0.05, 0) is 44.3 Å². The molecule has 1 amide bonds. The number of nitrogens with zero attached hydrogens (tertiary/aromatic N) is 3. The van der Waals surface area contributed by atoms with Gasteiger partial charge in [0, 0.05) is 29.4 Å². The Hall–Kier alpha value is -2.91. The Bertz CT molecular complexity index is 1310. The maximum absolute atomic E-state index is 12.2. The Morgan fingerprint density at radius 3 is 2.70 bits per heavy atom. The minimum absolute atomic E-state index is 0.0927. The molecule has 1 atom stereocenters. The summed E-state index contributed by atoms with van der Waals surface area (Å²) in [5.74, 6) is -0.158. The highest BCUT2D eigenvalue weighted by molar-refractivity contribution is 7.17. The largest absolute Gasteiger partial charge is 0.484 e. The van der Waals surface area contributed by atoms with E-state index in [1.165, 1.54) is 11.3 Å². The predicted molar refractivity (Wildman–Crippen MR) is 131 cm³/mol. The molecular formula is C24H25ClN4O3S. The zero-order valence-corrected chi connectivity index (χ0v) is 20.2. The Balaban J connectivity index is 1.69. The summed E-state index contributed by atoms with van der Waals surface area (Å²) < 4.78 is 8.15. The Kier molecular flexibility index (Phi) is 6.71. The van der Waals surface area contributed by atoms with E-state index in [9.17, 15) is 9.90 Å². The Labute approximate surface area is 201 Å². The molecule has 0 saturated carbocycles. The number of ether oxygens (including phenoxy) is 1. The van der Waals surface area contributed by atoms with Crippen molar-refractivity contribution in [3.8, 4) is 16.3 Å². The number of benzene rings is 1. The molecular weight excluding hydrogens is 460 g/mol. The van der Waals surface area contributed by atoms with Crippen molar-refractivity contribution in [3.63, 3.8) is 0 Å². The fourth-order valence-corrected chi connectivity index (χ4v) is 4.98. The third-order valence-electron chi connectivity index (χ3n) is 5.23. The van der Waals surface area contributed by atoms with Gasteiger partial charge in [0.1, 0.15) is 22.4 Å². The number of rotatable bonds is 8. The van der Waals surface area contributed by atoms with Gasteiger partial charge in [0.05, 0.1) is 23.4 Å². The van der Waals surface area contributed by atoms with E-state index in [0.29, 0.717) is 21.2 Å². The maximum atomic E-state index is 12.2. The van der Waals surface area contributed by atoms with E-state index in [0.717, 1.165) is 33.9 Å². The number of hydrogen-bond acceptors (Lipinski definition) is 6. The van der Waals surface area contributed by atoms with Gasteiger partial charge in [0.2, 0.25) is 0 Å². The molecule has 172 valence electrons. The lowest BCUT2D eigenvalue weighted by atomic mass is 10.1. The summed E-state index contributed by atoms with van der Waals surface area (Å²) in [6.07, 6.45) is 3.40. The van der Waals surface area contributed by atoms with Crippen molar-refractivity contribution in [2.75, 3.05) is 14.1 Å². The van der Waals surface area contributed by atoms with Gasteiger partial charge >= 0.3 is 0 Å². The lowest BCUT2D eigenvalue weighted by molar-refractivity contribution is 0.0998. The second-order valence-electron chi connectivity index (χ2n) is 8.09. The molecule has 1 aromatic carbocycles. The van der Waals surface area contributed by atoms with Crippen LogP contribution in [0.15, 0.2) is 48.8 Å². The van der Waals surface area contributed by atoms with Crippen LogP contribution in [-0.4, -0.2) is 39.4 Å². The number of nitrogens with two attached hydrogens (primary N) is 1. The van der Waals surface area contributed by atoms with Crippen LogP contribution in [0, 0.1) is 0 Å². The molecule has 3 aromatic heterocycles. The lowest BCUT2D eigenvalue weighted by Gasteiger charge is -2.16. The van der Waals surface area contributed by atoms with E-state index in [-0.39, 0.29) is 6.61 Å². The number of aliphatic hydroxyl groups excluding tert-OH is 1. The lowest BCUT2D eigenvalue weighted by Crippen LogP contribution is -2.12. The van der Waals surface area contributed by atoms with Crippen molar-refractivity contribution < 1.29 is 14.6 Å². The summed E-state index contributed by atoms with van der Waals surface area (Å²) >= 11 is 7.65. The topological polar surface area (TPSA) is 93.1 Å². The summed E-state index contributed by atoms with van der Waals surface area (Å²) in [7, 11) is 4.04.